The second kappa shape index (κ2) is 13.9. The van der Waals surface area contributed by atoms with Crippen molar-refractivity contribution >= 4 is 6.08 Å². The van der Waals surface area contributed by atoms with Crippen molar-refractivity contribution in [3.8, 4) is 77.9 Å². The first-order valence-corrected chi connectivity index (χ1v) is 17.1. The standard InChI is InChI=1S/C50H36/c1-2-36-28-30-37(31-29-36)38-32-34-44(35-33-38)50-48(42-24-14-6-15-25-42)46(40-20-10-4-11-21-40)45(39-18-8-3-9-19-39)47(41-22-12-5-13-23-41)49(50)43-26-16-7-17-27-43/h2-35H,1H2. The van der Waals surface area contributed by atoms with Gasteiger partial charge in [-0.3, -0.25) is 0 Å². The predicted octanol–water partition coefficient (Wildman–Crippen LogP) is 14.0. The Labute approximate surface area is 295 Å². The molecule has 0 radical (unpaired) electrons. The van der Waals surface area contributed by atoms with Crippen LogP contribution in [0.5, 0.6) is 0 Å². The Morgan fingerprint density at radius 1 is 0.220 bits per heavy atom. The van der Waals surface area contributed by atoms with Crippen LogP contribution in [0.4, 0.5) is 0 Å². The van der Waals surface area contributed by atoms with E-state index in [4.69, 9.17) is 0 Å². The number of benzene rings is 8. The maximum Gasteiger partial charge on any atom is -0.00139 e. The molecule has 0 aliphatic heterocycles. The molecule has 8 rings (SSSR count). The minimum atomic E-state index is 1.12. The smallest absolute Gasteiger partial charge is 0.00139 e. The summed E-state index contributed by atoms with van der Waals surface area (Å²) in [6.45, 7) is 3.93. The molecule has 0 fully saturated rings. The molecule has 8 aromatic rings. The predicted molar refractivity (Wildman–Crippen MR) is 215 cm³/mol. The van der Waals surface area contributed by atoms with Crippen molar-refractivity contribution in [3.05, 3.63) is 212 Å². The van der Waals surface area contributed by atoms with Gasteiger partial charge in [0.15, 0.2) is 0 Å². The summed E-state index contributed by atoms with van der Waals surface area (Å²) >= 11 is 0. The van der Waals surface area contributed by atoms with E-state index in [0.717, 1.165) is 5.56 Å². The number of rotatable bonds is 8. The Bertz CT molecular complexity index is 2250. The third kappa shape index (κ3) is 5.89. The topological polar surface area (TPSA) is 0 Å². The van der Waals surface area contributed by atoms with E-state index in [0.29, 0.717) is 0 Å². The van der Waals surface area contributed by atoms with Crippen molar-refractivity contribution in [2.75, 3.05) is 0 Å². The molecular formula is C50H36. The molecule has 0 saturated carbocycles. The molecule has 0 aliphatic rings. The number of hydrogen-bond acceptors (Lipinski definition) is 0. The quantitative estimate of drug-likeness (QED) is 0.156. The maximum atomic E-state index is 3.93. The second-order valence-corrected chi connectivity index (χ2v) is 12.5. The van der Waals surface area contributed by atoms with Gasteiger partial charge in [-0.1, -0.05) is 213 Å². The molecule has 0 N–H and O–H groups in total. The molecule has 236 valence electrons. The van der Waals surface area contributed by atoms with E-state index in [1.54, 1.807) is 0 Å². The van der Waals surface area contributed by atoms with E-state index >= 15 is 0 Å². The zero-order valence-electron chi connectivity index (χ0n) is 27.8. The fourth-order valence-electron chi connectivity index (χ4n) is 7.15. The summed E-state index contributed by atoms with van der Waals surface area (Å²) in [7, 11) is 0. The van der Waals surface area contributed by atoms with Gasteiger partial charge >= 0.3 is 0 Å². The van der Waals surface area contributed by atoms with Gasteiger partial charge < -0.3 is 0 Å². The average Bonchev–Trinajstić information content (AvgIpc) is 3.21. The first kappa shape index (κ1) is 30.8. The van der Waals surface area contributed by atoms with Gasteiger partial charge in [-0.05, 0) is 83.5 Å². The SMILES string of the molecule is C=Cc1ccc(-c2ccc(-c3c(-c4ccccc4)c(-c4ccccc4)c(-c4ccccc4)c(-c4ccccc4)c3-c3ccccc3)cc2)cc1. The molecule has 8 aromatic carbocycles. The molecule has 0 saturated heterocycles. The van der Waals surface area contributed by atoms with E-state index in [9.17, 15) is 0 Å². The van der Waals surface area contributed by atoms with Gasteiger partial charge in [-0.2, -0.15) is 0 Å². The Morgan fingerprint density at radius 2 is 0.420 bits per heavy atom. The van der Waals surface area contributed by atoms with Gasteiger partial charge in [0.25, 0.3) is 0 Å². The highest BCUT2D eigenvalue weighted by Gasteiger charge is 2.28. The molecule has 0 aliphatic carbocycles. The lowest BCUT2D eigenvalue weighted by Gasteiger charge is -2.28. The van der Waals surface area contributed by atoms with Crippen LogP contribution in [0.15, 0.2) is 207 Å². The van der Waals surface area contributed by atoms with Crippen LogP contribution in [0.25, 0.3) is 84.0 Å². The largest absolute Gasteiger partial charge is 0.0985 e. The molecule has 0 heterocycles. The molecule has 0 atom stereocenters. The third-order valence-electron chi connectivity index (χ3n) is 9.47. The van der Waals surface area contributed by atoms with E-state index in [1.807, 2.05) is 6.08 Å². The van der Waals surface area contributed by atoms with E-state index < -0.39 is 0 Å². The Morgan fingerprint density at radius 3 is 0.660 bits per heavy atom. The Kier molecular flexibility index (Phi) is 8.58. The Hall–Kier alpha value is -6.50. The lowest BCUT2D eigenvalue weighted by molar-refractivity contribution is 1.51. The van der Waals surface area contributed by atoms with Crippen molar-refractivity contribution < 1.29 is 0 Å². The van der Waals surface area contributed by atoms with Crippen LogP contribution in [-0.2, 0) is 0 Å². The van der Waals surface area contributed by atoms with E-state index in [2.05, 4.69) is 207 Å². The van der Waals surface area contributed by atoms with E-state index in [1.165, 1.54) is 77.9 Å². The van der Waals surface area contributed by atoms with Gasteiger partial charge in [-0.25, -0.2) is 0 Å². The van der Waals surface area contributed by atoms with Crippen LogP contribution in [0, 0.1) is 0 Å². The lowest BCUT2D eigenvalue weighted by atomic mass is 9.74. The van der Waals surface area contributed by atoms with Gasteiger partial charge in [0.05, 0.1) is 0 Å². The van der Waals surface area contributed by atoms with Gasteiger partial charge in [-0.15, -0.1) is 0 Å². The van der Waals surface area contributed by atoms with Crippen LogP contribution >= 0.6 is 0 Å². The van der Waals surface area contributed by atoms with Crippen LogP contribution in [0.1, 0.15) is 5.56 Å². The molecule has 0 spiro atoms. The zero-order chi connectivity index (χ0) is 33.7. The molecule has 0 aromatic heterocycles. The fraction of sp³-hybridized carbons (Fsp3) is 0. The summed E-state index contributed by atoms with van der Waals surface area (Å²) in [4.78, 5) is 0. The van der Waals surface area contributed by atoms with Crippen LogP contribution in [0.3, 0.4) is 0 Å². The minimum absolute atomic E-state index is 1.12. The van der Waals surface area contributed by atoms with Gasteiger partial charge in [0.2, 0.25) is 0 Å². The normalized spacial score (nSPS) is 10.9. The van der Waals surface area contributed by atoms with Crippen molar-refractivity contribution in [3.63, 3.8) is 0 Å². The first-order chi connectivity index (χ1) is 24.8. The molecule has 0 heteroatoms. The maximum absolute atomic E-state index is 3.93. The van der Waals surface area contributed by atoms with Gasteiger partial charge in [0.1, 0.15) is 0 Å². The van der Waals surface area contributed by atoms with Crippen LogP contribution < -0.4 is 0 Å². The Balaban J connectivity index is 1.57. The zero-order valence-corrected chi connectivity index (χ0v) is 27.8. The number of hydrogen-bond donors (Lipinski definition) is 0. The first-order valence-electron chi connectivity index (χ1n) is 17.1. The fourth-order valence-corrected chi connectivity index (χ4v) is 7.15. The van der Waals surface area contributed by atoms with Gasteiger partial charge in [0, 0.05) is 0 Å². The molecule has 50 heavy (non-hydrogen) atoms. The third-order valence-corrected chi connectivity index (χ3v) is 9.47. The summed E-state index contributed by atoms with van der Waals surface area (Å²) < 4.78 is 0. The summed E-state index contributed by atoms with van der Waals surface area (Å²) in [5.74, 6) is 0. The van der Waals surface area contributed by atoms with Crippen molar-refractivity contribution in [2.45, 2.75) is 0 Å². The van der Waals surface area contributed by atoms with Crippen LogP contribution in [0.2, 0.25) is 0 Å². The highest BCUT2D eigenvalue weighted by molar-refractivity contribution is 6.15. The highest BCUT2D eigenvalue weighted by Crippen LogP contribution is 2.55. The lowest BCUT2D eigenvalue weighted by Crippen LogP contribution is -2.02. The molecule has 0 bridgehead atoms. The summed E-state index contributed by atoms with van der Waals surface area (Å²) in [6.07, 6.45) is 1.89. The average molecular weight is 637 g/mol. The highest BCUT2D eigenvalue weighted by atomic mass is 14.3. The second-order valence-electron chi connectivity index (χ2n) is 12.5. The van der Waals surface area contributed by atoms with Crippen molar-refractivity contribution in [1.82, 2.24) is 0 Å². The van der Waals surface area contributed by atoms with Crippen LogP contribution in [-0.4, -0.2) is 0 Å². The van der Waals surface area contributed by atoms with E-state index in [-0.39, 0.29) is 0 Å². The van der Waals surface area contributed by atoms with Crippen molar-refractivity contribution in [2.24, 2.45) is 0 Å². The summed E-state index contributed by atoms with van der Waals surface area (Å²) in [6, 6.07) is 72.3. The molecule has 0 amide bonds. The molecule has 0 nitrogen and oxygen atoms in total. The monoisotopic (exact) mass is 636 g/mol. The minimum Gasteiger partial charge on any atom is -0.0985 e. The molecule has 0 unspecified atom stereocenters. The molecular weight excluding hydrogens is 601 g/mol. The summed E-state index contributed by atoms with van der Waals surface area (Å²) in [5.41, 5.74) is 17.9. The van der Waals surface area contributed by atoms with Crippen molar-refractivity contribution in [1.29, 1.82) is 0 Å². The summed E-state index contributed by atoms with van der Waals surface area (Å²) in [5, 5.41) is 0.